The lowest BCUT2D eigenvalue weighted by atomic mass is 10.2. The minimum Gasteiger partial charge on any atom is -0.296 e. The van der Waals surface area contributed by atoms with Crippen LogP contribution >= 0.6 is 0 Å². The monoisotopic (exact) mass is 249 g/mol. The molecule has 3 N–H and O–H groups in total. The van der Waals surface area contributed by atoms with Gasteiger partial charge in [0.2, 0.25) is 6.41 Å². The van der Waals surface area contributed by atoms with Crippen LogP contribution in [-0.4, -0.2) is 35.1 Å². The number of amides is 2. The van der Waals surface area contributed by atoms with Crippen LogP contribution in [-0.2, 0) is 9.59 Å². The van der Waals surface area contributed by atoms with E-state index in [1.165, 1.54) is 6.34 Å². The molecule has 0 saturated heterocycles. The summed E-state index contributed by atoms with van der Waals surface area (Å²) >= 11 is 0. The van der Waals surface area contributed by atoms with Gasteiger partial charge in [0.25, 0.3) is 5.91 Å². The lowest BCUT2D eigenvalue weighted by molar-refractivity contribution is -0.125. The zero-order valence-electron chi connectivity index (χ0n) is 10.3. The average molecular weight is 249 g/mol. The van der Waals surface area contributed by atoms with Gasteiger partial charge in [-0.3, -0.25) is 19.9 Å². The fraction of sp³-hybridized carbons (Fsp3) is 0.273. The van der Waals surface area contributed by atoms with Crippen LogP contribution in [0.2, 0.25) is 0 Å². The second kappa shape index (κ2) is 6.45. The summed E-state index contributed by atoms with van der Waals surface area (Å²) in [5, 5.41) is 0. The summed E-state index contributed by atoms with van der Waals surface area (Å²) in [5.41, 5.74) is 3.90. The maximum absolute atomic E-state index is 11.0. The van der Waals surface area contributed by atoms with Gasteiger partial charge in [-0.25, -0.2) is 15.8 Å². The van der Waals surface area contributed by atoms with Crippen LogP contribution < -0.4 is 11.3 Å². The summed E-state index contributed by atoms with van der Waals surface area (Å²) in [6, 6.07) is 1.87. The first-order valence-corrected chi connectivity index (χ1v) is 5.25. The molecule has 0 aliphatic carbocycles. The molecule has 0 unspecified atom stereocenters. The summed E-state index contributed by atoms with van der Waals surface area (Å²) < 4.78 is 0. The van der Waals surface area contributed by atoms with Crippen molar-refractivity contribution in [2.75, 3.05) is 6.54 Å². The zero-order valence-corrected chi connectivity index (χ0v) is 10.3. The molecule has 1 aromatic heterocycles. The number of hydrogen-bond donors (Lipinski definition) is 2. The summed E-state index contributed by atoms with van der Waals surface area (Å²) in [7, 11) is 0. The number of aromatic nitrogens is 1. The molecular weight excluding hydrogens is 234 g/mol. The molecule has 2 amide bonds. The quantitative estimate of drug-likeness (QED) is 0.188. The van der Waals surface area contributed by atoms with E-state index >= 15 is 0 Å². The van der Waals surface area contributed by atoms with Gasteiger partial charge in [-0.05, 0) is 31.0 Å². The van der Waals surface area contributed by atoms with E-state index in [0.717, 1.165) is 16.0 Å². The van der Waals surface area contributed by atoms with Crippen LogP contribution in [0.4, 0.5) is 5.82 Å². The number of aryl methyl sites for hydroxylation is 1. The van der Waals surface area contributed by atoms with Crippen molar-refractivity contribution in [3.8, 4) is 0 Å². The standard InChI is InChI=1S/C11H15N5O2/c1-8-3-4-13-11(9(8)2)14-6-16(7-17)5-10(18)15-12/h3-4,6-7H,5,12H2,1-2H3,(H,15,18)/b14-6-. The number of hydrogen-bond acceptors (Lipinski definition) is 5. The maximum Gasteiger partial charge on any atom is 0.253 e. The Hall–Kier alpha value is -2.28. The van der Waals surface area contributed by atoms with Gasteiger partial charge in [-0.1, -0.05) is 0 Å². The van der Waals surface area contributed by atoms with Crippen LogP contribution in [0.5, 0.6) is 0 Å². The molecule has 18 heavy (non-hydrogen) atoms. The second-order valence-electron chi connectivity index (χ2n) is 3.67. The van der Waals surface area contributed by atoms with Crippen molar-refractivity contribution >= 4 is 24.5 Å². The molecule has 0 atom stereocenters. The molecule has 0 fully saturated rings. The van der Waals surface area contributed by atoms with E-state index in [1.807, 2.05) is 25.3 Å². The third-order valence-electron chi connectivity index (χ3n) is 2.40. The molecule has 7 nitrogen and oxygen atoms in total. The number of pyridine rings is 1. The topological polar surface area (TPSA) is 101 Å². The van der Waals surface area contributed by atoms with Crippen molar-refractivity contribution in [1.82, 2.24) is 15.3 Å². The van der Waals surface area contributed by atoms with Gasteiger partial charge in [-0.2, -0.15) is 0 Å². The third-order valence-corrected chi connectivity index (χ3v) is 2.40. The zero-order chi connectivity index (χ0) is 13.5. The summed E-state index contributed by atoms with van der Waals surface area (Å²) in [5.74, 6) is 4.95. The molecule has 0 spiro atoms. The fourth-order valence-electron chi connectivity index (χ4n) is 1.19. The number of carbonyl (C=O) groups excluding carboxylic acids is 2. The Bertz CT molecular complexity index is 473. The van der Waals surface area contributed by atoms with Crippen molar-refractivity contribution in [3.63, 3.8) is 0 Å². The Morgan fingerprint density at radius 1 is 1.61 bits per heavy atom. The Morgan fingerprint density at radius 2 is 2.33 bits per heavy atom. The number of nitrogens with two attached hydrogens (primary N) is 1. The van der Waals surface area contributed by atoms with Crippen molar-refractivity contribution in [2.45, 2.75) is 13.8 Å². The highest BCUT2D eigenvalue weighted by atomic mass is 16.2. The number of nitrogens with zero attached hydrogens (tertiary/aromatic N) is 3. The predicted molar refractivity (Wildman–Crippen MR) is 67.0 cm³/mol. The Morgan fingerprint density at radius 3 is 2.94 bits per heavy atom. The number of nitrogens with one attached hydrogen (secondary N) is 1. The molecule has 0 bridgehead atoms. The molecule has 0 aliphatic rings. The number of carbonyl (C=O) groups is 2. The van der Waals surface area contributed by atoms with Gasteiger partial charge in [0.1, 0.15) is 6.54 Å². The van der Waals surface area contributed by atoms with Gasteiger partial charge >= 0.3 is 0 Å². The van der Waals surface area contributed by atoms with Crippen LogP contribution in [0, 0.1) is 13.8 Å². The van der Waals surface area contributed by atoms with E-state index in [-0.39, 0.29) is 6.54 Å². The molecule has 0 aliphatic heterocycles. The van der Waals surface area contributed by atoms with E-state index < -0.39 is 5.91 Å². The SMILES string of the molecule is Cc1ccnc(/N=C\N(C=O)CC(=O)NN)c1C. The van der Waals surface area contributed by atoms with Gasteiger partial charge in [0.05, 0.1) is 6.34 Å². The average Bonchev–Trinajstić information content (AvgIpc) is 2.38. The Labute approximate surface area is 105 Å². The Kier molecular flexibility index (Phi) is 4.94. The summed E-state index contributed by atoms with van der Waals surface area (Å²) in [4.78, 5) is 30.9. The van der Waals surface area contributed by atoms with Gasteiger partial charge < -0.3 is 0 Å². The van der Waals surface area contributed by atoms with E-state index in [4.69, 9.17) is 5.84 Å². The molecule has 1 rings (SSSR count). The largest absolute Gasteiger partial charge is 0.296 e. The highest BCUT2D eigenvalue weighted by Gasteiger charge is 2.05. The number of aliphatic imine (C=N–C) groups is 1. The number of rotatable bonds is 5. The van der Waals surface area contributed by atoms with Gasteiger partial charge in [0.15, 0.2) is 5.82 Å². The molecule has 7 heteroatoms. The first-order valence-electron chi connectivity index (χ1n) is 5.25. The smallest absolute Gasteiger partial charge is 0.253 e. The Balaban J connectivity index is 2.80. The minimum absolute atomic E-state index is 0.186. The van der Waals surface area contributed by atoms with Crippen molar-refractivity contribution in [2.24, 2.45) is 10.8 Å². The lowest BCUT2D eigenvalue weighted by Gasteiger charge is -2.09. The number of hydrazine groups is 1. The minimum atomic E-state index is -0.484. The van der Waals surface area contributed by atoms with Crippen LogP contribution in [0.15, 0.2) is 17.3 Å². The van der Waals surface area contributed by atoms with Crippen LogP contribution in [0.25, 0.3) is 0 Å². The molecular formula is C11H15N5O2. The molecule has 0 saturated carbocycles. The summed E-state index contributed by atoms with van der Waals surface area (Å²) in [6.45, 7) is 3.64. The predicted octanol–water partition coefficient (Wildman–Crippen LogP) is -0.193. The van der Waals surface area contributed by atoms with Crippen molar-refractivity contribution in [3.05, 3.63) is 23.4 Å². The lowest BCUT2D eigenvalue weighted by Crippen LogP contribution is -2.39. The molecule has 1 heterocycles. The van der Waals surface area contributed by atoms with Gasteiger partial charge in [0, 0.05) is 6.20 Å². The highest BCUT2D eigenvalue weighted by Crippen LogP contribution is 2.17. The molecule has 96 valence electrons. The van der Waals surface area contributed by atoms with Gasteiger partial charge in [-0.15, -0.1) is 0 Å². The first-order chi connectivity index (χ1) is 8.58. The normalized spacial score (nSPS) is 10.4. The maximum atomic E-state index is 11.0. The van der Waals surface area contributed by atoms with E-state index in [9.17, 15) is 9.59 Å². The van der Waals surface area contributed by atoms with Crippen molar-refractivity contribution in [1.29, 1.82) is 0 Å². The fourth-order valence-corrected chi connectivity index (χ4v) is 1.19. The summed E-state index contributed by atoms with van der Waals surface area (Å²) in [6.07, 6.45) is 3.37. The highest BCUT2D eigenvalue weighted by molar-refractivity contribution is 5.85. The van der Waals surface area contributed by atoms with E-state index in [2.05, 4.69) is 9.98 Å². The molecule has 1 aromatic rings. The van der Waals surface area contributed by atoms with Crippen LogP contribution in [0.3, 0.4) is 0 Å². The third kappa shape index (κ3) is 3.63. The van der Waals surface area contributed by atoms with Crippen LogP contribution in [0.1, 0.15) is 11.1 Å². The second-order valence-corrected chi connectivity index (χ2v) is 3.67. The van der Waals surface area contributed by atoms with E-state index in [1.54, 1.807) is 6.20 Å². The molecule has 0 radical (unpaired) electrons. The van der Waals surface area contributed by atoms with E-state index in [0.29, 0.717) is 12.2 Å². The molecule has 0 aromatic carbocycles. The first kappa shape index (κ1) is 13.8. The van der Waals surface area contributed by atoms with Crippen molar-refractivity contribution < 1.29 is 9.59 Å².